The molecular weight excluding hydrogens is 504 g/mol. The van der Waals surface area contributed by atoms with Crippen LogP contribution in [0.1, 0.15) is 30.4 Å². The monoisotopic (exact) mass is 530 g/mol. The van der Waals surface area contributed by atoms with Gasteiger partial charge >= 0.3 is 5.97 Å². The molecule has 2 heterocycles. The van der Waals surface area contributed by atoms with Gasteiger partial charge in [-0.2, -0.15) is 0 Å². The van der Waals surface area contributed by atoms with Crippen LogP contribution >= 0.6 is 0 Å². The second kappa shape index (κ2) is 10.1. The molecule has 2 N–H and O–H groups in total. The van der Waals surface area contributed by atoms with Gasteiger partial charge in [-0.15, -0.1) is 0 Å². The first-order chi connectivity index (χ1) is 18.7. The lowest BCUT2D eigenvalue weighted by Gasteiger charge is -2.26. The Balaban J connectivity index is 1.71. The van der Waals surface area contributed by atoms with Gasteiger partial charge in [-0.25, -0.2) is 0 Å². The van der Waals surface area contributed by atoms with E-state index < -0.39 is 17.3 Å². The van der Waals surface area contributed by atoms with Crippen LogP contribution in [0.5, 0.6) is 34.5 Å². The Bertz CT molecular complexity index is 1680. The second-order valence-electron chi connectivity index (χ2n) is 9.26. The van der Waals surface area contributed by atoms with Crippen molar-refractivity contribution in [2.45, 2.75) is 19.3 Å². The fourth-order valence-electron chi connectivity index (χ4n) is 4.65. The van der Waals surface area contributed by atoms with Crippen molar-refractivity contribution in [2.24, 2.45) is 0 Å². The Morgan fingerprint density at radius 2 is 1.72 bits per heavy atom. The number of aromatic hydroxyl groups is 2. The van der Waals surface area contributed by atoms with Crippen molar-refractivity contribution in [3.05, 3.63) is 82.0 Å². The molecule has 1 aliphatic heterocycles. The number of methoxy groups -OCH3 is 2. The van der Waals surface area contributed by atoms with E-state index >= 15 is 0 Å². The van der Waals surface area contributed by atoms with Gasteiger partial charge in [0.2, 0.25) is 0 Å². The minimum atomic E-state index is -0.587. The van der Waals surface area contributed by atoms with Crippen LogP contribution < -0.4 is 24.4 Å². The summed E-state index contributed by atoms with van der Waals surface area (Å²) in [6, 6.07) is 12.3. The number of hydrogen-bond donors (Lipinski definition) is 2. The molecule has 0 saturated carbocycles. The smallest absolute Gasteiger partial charge is 0.312 e. The van der Waals surface area contributed by atoms with Crippen LogP contribution in [-0.4, -0.2) is 37.0 Å². The third-order valence-corrected chi connectivity index (χ3v) is 6.45. The summed E-state index contributed by atoms with van der Waals surface area (Å²) in [5.41, 5.74) is 1.94. The van der Waals surface area contributed by atoms with Gasteiger partial charge in [-0.1, -0.05) is 12.6 Å². The molecule has 5 rings (SSSR count). The Kier molecular flexibility index (Phi) is 6.66. The Labute approximate surface area is 223 Å². The molecule has 0 unspecified atom stereocenters. The molecule has 0 amide bonds. The van der Waals surface area contributed by atoms with Gasteiger partial charge in [0.05, 0.1) is 20.6 Å². The average Bonchev–Trinajstić information content (AvgIpc) is 2.90. The van der Waals surface area contributed by atoms with E-state index in [0.717, 1.165) is 5.57 Å². The summed E-state index contributed by atoms with van der Waals surface area (Å²) in [5, 5.41) is 20.9. The van der Waals surface area contributed by atoms with Crippen molar-refractivity contribution in [3.63, 3.8) is 0 Å². The molecule has 0 radical (unpaired) electrons. The van der Waals surface area contributed by atoms with E-state index in [1.165, 1.54) is 32.4 Å². The predicted molar refractivity (Wildman–Crippen MR) is 143 cm³/mol. The highest BCUT2D eigenvalue weighted by molar-refractivity contribution is 5.93. The van der Waals surface area contributed by atoms with E-state index in [9.17, 15) is 19.8 Å². The SMILES string of the molecule is C=C(C)COc1ccc([C@@H]2CC(=O)Oc3cc(O)c4c(=O)cc(-c5ccc(OC)c(O)c5)oc4c32)cc1OC. The fraction of sp³-hybridized carbons (Fsp3) is 0.200. The van der Waals surface area contributed by atoms with Crippen LogP contribution in [0.2, 0.25) is 0 Å². The number of carbonyl (C=O) groups is 1. The fourth-order valence-corrected chi connectivity index (χ4v) is 4.65. The zero-order valence-electron chi connectivity index (χ0n) is 21.6. The van der Waals surface area contributed by atoms with E-state index in [0.29, 0.717) is 34.8 Å². The van der Waals surface area contributed by atoms with Crippen LogP contribution in [-0.2, 0) is 4.79 Å². The zero-order chi connectivity index (χ0) is 27.8. The highest BCUT2D eigenvalue weighted by atomic mass is 16.5. The topological polar surface area (TPSA) is 125 Å². The summed E-state index contributed by atoms with van der Waals surface area (Å²) >= 11 is 0. The van der Waals surface area contributed by atoms with Crippen LogP contribution in [0.15, 0.2) is 69.9 Å². The predicted octanol–water partition coefficient (Wildman–Crippen LogP) is 5.28. The molecule has 0 fully saturated rings. The Hall–Kier alpha value is -4.92. The zero-order valence-corrected chi connectivity index (χ0v) is 21.6. The number of phenolic OH excluding ortho intramolecular Hbond substituents is 2. The van der Waals surface area contributed by atoms with Gasteiger partial charge in [-0.05, 0) is 48.4 Å². The van der Waals surface area contributed by atoms with E-state index in [2.05, 4.69) is 6.58 Å². The standard InChI is InChI=1S/C30H26O9/c1-15(2)14-37-23-8-5-16(10-25(23)36-4)18-11-27(34)38-26-13-21(33)29-20(32)12-24(39-30(29)28(18)26)17-6-7-22(35-3)19(31)9-17/h5-10,12-13,18,31,33H,1,11,14H2,2-4H3/t18-/m0/s1. The largest absolute Gasteiger partial charge is 0.507 e. The van der Waals surface area contributed by atoms with E-state index in [1.54, 1.807) is 30.3 Å². The van der Waals surface area contributed by atoms with Crippen molar-refractivity contribution in [1.29, 1.82) is 0 Å². The van der Waals surface area contributed by atoms with Crippen molar-refractivity contribution in [2.75, 3.05) is 20.8 Å². The number of rotatable bonds is 7. The molecule has 0 bridgehead atoms. The lowest BCUT2D eigenvalue weighted by atomic mass is 9.85. The summed E-state index contributed by atoms with van der Waals surface area (Å²) in [5.74, 6) is -0.161. The molecule has 39 heavy (non-hydrogen) atoms. The Morgan fingerprint density at radius 3 is 2.41 bits per heavy atom. The average molecular weight is 531 g/mol. The molecule has 200 valence electrons. The molecule has 4 aromatic rings. The maximum atomic E-state index is 13.2. The van der Waals surface area contributed by atoms with Crippen LogP contribution in [0.4, 0.5) is 0 Å². The van der Waals surface area contributed by atoms with Crippen LogP contribution in [0, 0.1) is 0 Å². The van der Waals surface area contributed by atoms with E-state index in [1.807, 2.05) is 6.92 Å². The molecule has 0 spiro atoms. The maximum absolute atomic E-state index is 13.2. The highest BCUT2D eigenvalue weighted by Gasteiger charge is 2.34. The van der Waals surface area contributed by atoms with Gasteiger partial charge < -0.3 is 33.6 Å². The number of phenols is 2. The molecular formula is C30H26O9. The lowest BCUT2D eigenvalue weighted by Crippen LogP contribution is -2.22. The molecule has 0 aliphatic carbocycles. The number of benzene rings is 3. The number of carbonyl (C=O) groups excluding carboxylic acids is 1. The first kappa shape index (κ1) is 25.7. The molecule has 1 atom stereocenters. The highest BCUT2D eigenvalue weighted by Crippen LogP contribution is 2.47. The molecule has 1 aliphatic rings. The quantitative estimate of drug-likeness (QED) is 0.186. The van der Waals surface area contributed by atoms with Crippen molar-refractivity contribution < 1.29 is 38.4 Å². The maximum Gasteiger partial charge on any atom is 0.312 e. The first-order valence-electron chi connectivity index (χ1n) is 12.1. The number of fused-ring (bicyclic) bond motifs is 3. The van der Waals surface area contributed by atoms with Gasteiger partial charge in [0, 0.05) is 29.2 Å². The van der Waals surface area contributed by atoms with Gasteiger partial charge in [-0.3, -0.25) is 9.59 Å². The molecule has 9 nitrogen and oxygen atoms in total. The summed E-state index contributed by atoms with van der Waals surface area (Å²) < 4.78 is 28.1. The summed E-state index contributed by atoms with van der Waals surface area (Å²) in [4.78, 5) is 25.8. The van der Waals surface area contributed by atoms with Crippen molar-refractivity contribution in [3.8, 4) is 45.8 Å². The van der Waals surface area contributed by atoms with E-state index in [-0.39, 0.29) is 46.1 Å². The number of ether oxygens (including phenoxy) is 4. The summed E-state index contributed by atoms with van der Waals surface area (Å²) in [7, 11) is 2.94. The van der Waals surface area contributed by atoms with Gasteiger partial charge in [0.25, 0.3) is 0 Å². The van der Waals surface area contributed by atoms with Crippen LogP contribution in [0.3, 0.4) is 0 Å². The molecule has 9 heteroatoms. The normalized spacial score (nSPS) is 14.4. The molecule has 1 aromatic heterocycles. The lowest BCUT2D eigenvalue weighted by molar-refractivity contribution is -0.135. The number of hydrogen-bond acceptors (Lipinski definition) is 9. The first-order valence-corrected chi connectivity index (χ1v) is 12.1. The summed E-state index contributed by atoms with van der Waals surface area (Å²) in [6.45, 7) is 6.00. The summed E-state index contributed by atoms with van der Waals surface area (Å²) in [6.07, 6.45) is -0.0424. The third-order valence-electron chi connectivity index (χ3n) is 6.45. The second-order valence-corrected chi connectivity index (χ2v) is 9.26. The van der Waals surface area contributed by atoms with E-state index in [4.69, 9.17) is 23.4 Å². The van der Waals surface area contributed by atoms with Gasteiger partial charge in [0.1, 0.15) is 34.8 Å². The third kappa shape index (κ3) is 4.74. The van der Waals surface area contributed by atoms with Crippen molar-refractivity contribution in [1.82, 2.24) is 0 Å². The molecule has 3 aromatic carbocycles. The minimum absolute atomic E-state index is 0.0424. The number of esters is 1. The minimum Gasteiger partial charge on any atom is -0.507 e. The van der Waals surface area contributed by atoms with Gasteiger partial charge in [0.15, 0.2) is 28.4 Å². The van der Waals surface area contributed by atoms with Crippen molar-refractivity contribution >= 4 is 16.9 Å². The molecule has 0 saturated heterocycles. The van der Waals surface area contributed by atoms with Crippen LogP contribution in [0.25, 0.3) is 22.3 Å². The Morgan fingerprint density at radius 1 is 0.974 bits per heavy atom.